The Bertz CT molecular complexity index is 883. The number of rotatable bonds is 7. The zero-order chi connectivity index (χ0) is 20.3. The molecule has 0 spiro atoms. The summed E-state index contributed by atoms with van der Waals surface area (Å²) in [5.74, 6) is -1.62. The van der Waals surface area contributed by atoms with E-state index in [0.717, 1.165) is 10.9 Å². The largest absolute Gasteiger partial charge is 0.544 e. The second-order valence-corrected chi connectivity index (χ2v) is 7.64. The molecule has 2 atom stereocenters. The van der Waals surface area contributed by atoms with Gasteiger partial charge in [0.05, 0.1) is 23.6 Å². The number of Topliss-reactive ketones (excluding diaryl/α,β-unsaturated/α-hetero) is 1. The van der Waals surface area contributed by atoms with Crippen LogP contribution in [0.1, 0.15) is 28.8 Å². The fourth-order valence-electron chi connectivity index (χ4n) is 3.42. The molecule has 7 nitrogen and oxygen atoms in total. The topological polar surface area (TPSA) is 111 Å². The number of benzene rings is 2. The van der Waals surface area contributed by atoms with Crippen LogP contribution in [0.4, 0.5) is 0 Å². The summed E-state index contributed by atoms with van der Waals surface area (Å²) in [6.07, 6.45) is 1.20. The number of quaternary nitrogens is 1. The van der Waals surface area contributed by atoms with Gasteiger partial charge in [-0.25, -0.2) is 0 Å². The molecule has 8 heteroatoms. The summed E-state index contributed by atoms with van der Waals surface area (Å²) in [5, 5.41) is 31.9. The van der Waals surface area contributed by atoms with Gasteiger partial charge < -0.3 is 29.8 Å². The van der Waals surface area contributed by atoms with Crippen LogP contribution < -0.4 is 14.7 Å². The highest BCUT2D eigenvalue weighted by atomic mass is 79.9. The summed E-state index contributed by atoms with van der Waals surface area (Å²) in [4.78, 5) is 24.4. The number of aliphatic carboxylic acids is 1. The lowest BCUT2D eigenvalue weighted by Crippen LogP contribution is -3.13. The molecule has 1 unspecified atom stereocenters. The lowest BCUT2D eigenvalue weighted by atomic mass is 10.0. The Labute approximate surface area is 170 Å². The van der Waals surface area contributed by atoms with E-state index < -0.39 is 17.8 Å². The van der Waals surface area contributed by atoms with E-state index in [1.807, 2.05) is 0 Å². The van der Waals surface area contributed by atoms with Crippen molar-refractivity contribution in [3.63, 3.8) is 0 Å². The van der Waals surface area contributed by atoms with Gasteiger partial charge in [-0.05, 0) is 36.4 Å². The number of nitrogens with one attached hydrogen (secondary N) is 1. The lowest BCUT2D eigenvalue weighted by Gasteiger charge is -2.23. The van der Waals surface area contributed by atoms with Crippen molar-refractivity contribution in [1.29, 1.82) is 0 Å². The molecule has 148 valence electrons. The second kappa shape index (κ2) is 8.62. The van der Waals surface area contributed by atoms with Crippen LogP contribution in [-0.2, 0) is 11.3 Å². The van der Waals surface area contributed by atoms with Crippen LogP contribution in [-0.4, -0.2) is 41.2 Å². The zero-order valence-corrected chi connectivity index (χ0v) is 16.6. The highest BCUT2D eigenvalue weighted by Crippen LogP contribution is 2.31. The number of carboxylic acids is 1. The van der Waals surface area contributed by atoms with Crippen LogP contribution in [0.2, 0.25) is 0 Å². The number of carbonyl (C=O) groups excluding carboxylic acids is 2. The van der Waals surface area contributed by atoms with Gasteiger partial charge >= 0.3 is 0 Å². The number of ether oxygens (including phenoxy) is 1. The van der Waals surface area contributed by atoms with Crippen molar-refractivity contribution in [2.45, 2.75) is 25.4 Å². The average Bonchev–Trinajstić information content (AvgIpc) is 3.13. The van der Waals surface area contributed by atoms with Crippen molar-refractivity contribution >= 4 is 27.7 Å². The van der Waals surface area contributed by atoms with E-state index in [2.05, 4.69) is 15.9 Å². The summed E-state index contributed by atoms with van der Waals surface area (Å²) >= 11 is 3.31. The third-order valence-electron chi connectivity index (χ3n) is 4.91. The molecule has 0 bridgehead atoms. The number of halogens is 1. The maximum absolute atomic E-state index is 12.5. The highest BCUT2D eigenvalue weighted by Gasteiger charge is 2.32. The van der Waals surface area contributed by atoms with Gasteiger partial charge in [-0.3, -0.25) is 4.79 Å². The minimum absolute atomic E-state index is 0.0218. The van der Waals surface area contributed by atoms with Gasteiger partial charge in [0.25, 0.3) is 0 Å². The Balaban J connectivity index is 1.75. The fraction of sp³-hybridized carbons (Fsp3) is 0.300. The maximum Gasteiger partial charge on any atom is 0.203 e. The second-order valence-electron chi connectivity index (χ2n) is 6.72. The highest BCUT2D eigenvalue weighted by molar-refractivity contribution is 9.10. The van der Waals surface area contributed by atoms with Gasteiger partial charge in [-0.15, -0.1) is 0 Å². The van der Waals surface area contributed by atoms with Crippen molar-refractivity contribution in [3.8, 4) is 17.2 Å². The van der Waals surface area contributed by atoms with E-state index in [1.165, 1.54) is 12.1 Å². The van der Waals surface area contributed by atoms with E-state index >= 15 is 0 Å². The molecule has 1 fully saturated rings. The van der Waals surface area contributed by atoms with Gasteiger partial charge in [-0.2, -0.15) is 0 Å². The maximum atomic E-state index is 12.5. The lowest BCUT2D eigenvalue weighted by molar-refractivity contribution is -0.919. The molecule has 0 saturated carbocycles. The smallest absolute Gasteiger partial charge is 0.203 e. The van der Waals surface area contributed by atoms with Crippen molar-refractivity contribution in [2.24, 2.45) is 0 Å². The predicted molar refractivity (Wildman–Crippen MR) is 101 cm³/mol. The Kier molecular flexibility index (Phi) is 6.21. The summed E-state index contributed by atoms with van der Waals surface area (Å²) < 4.78 is 6.33. The first-order chi connectivity index (χ1) is 13.4. The Morgan fingerprint density at radius 3 is 2.57 bits per heavy atom. The van der Waals surface area contributed by atoms with Crippen molar-refractivity contribution in [1.82, 2.24) is 0 Å². The molecule has 2 aromatic rings. The van der Waals surface area contributed by atoms with Crippen LogP contribution in [0.5, 0.6) is 17.2 Å². The van der Waals surface area contributed by atoms with E-state index in [0.29, 0.717) is 23.6 Å². The number of phenolic OH excluding ortho intramolecular Hbond substituents is 2. The van der Waals surface area contributed by atoms with Gasteiger partial charge in [0.15, 0.2) is 6.61 Å². The minimum Gasteiger partial charge on any atom is -0.544 e. The Morgan fingerprint density at radius 2 is 1.89 bits per heavy atom. The number of likely N-dealkylation sites (tertiary alicyclic amines) is 1. The molecule has 3 rings (SSSR count). The van der Waals surface area contributed by atoms with Crippen molar-refractivity contribution in [3.05, 3.63) is 52.0 Å². The molecule has 0 radical (unpaired) electrons. The summed E-state index contributed by atoms with van der Waals surface area (Å²) in [6.45, 7) is 0.394. The van der Waals surface area contributed by atoms with Crippen LogP contribution >= 0.6 is 15.9 Å². The molecule has 1 aliphatic rings. The third-order valence-corrected chi connectivity index (χ3v) is 5.44. The third kappa shape index (κ3) is 4.45. The van der Waals surface area contributed by atoms with Crippen LogP contribution in [0.3, 0.4) is 0 Å². The van der Waals surface area contributed by atoms with E-state index in [9.17, 15) is 24.9 Å². The van der Waals surface area contributed by atoms with Crippen molar-refractivity contribution < 1.29 is 34.5 Å². The van der Waals surface area contributed by atoms with E-state index in [-0.39, 0.29) is 35.8 Å². The summed E-state index contributed by atoms with van der Waals surface area (Å²) in [5.41, 5.74) is 0.172. The molecule has 1 aliphatic heterocycles. The normalized spacial score (nSPS) is 18.8. The summed E-state index contributed by atoms with van der Waals surface area (Å²) in [6, 6.07) is 8.93. The molecule has 3 N–H and O–H groups in total. The van der Waals surface area contributed by atoms with E-state index in [1.54, 1.807) is 24.3 Å². The average molecular weight is 450 g/mol. The summed E-state index contributed by atoms with van der Waals surface area (Å²) in [7, 11) is 0. The number of aromatic hydroxyl groups is 2. The number of ketones is 1. The van der Waals surface area contributed by atoms with Gasteiger partial charge in [0.2, 0.25) is 5.78 Å². The number of hydrogen-bond acceptors (Lipinski definition) is 6. The Hall–Kier alpha value is -2.58. The quantitative estimate of drug-likeness (QED) is 0.528. The van der Waals surface area contributed by atoms with Gasteiger partial charge in [0, 0.05) is 17.3 Å². The van der Waals surface area contributed by atoms with Crippen LogP contribution in [0.15, 0.2) is 40.9 Å². The first-order valence-corrected chi connectivity index (χ1v) is 9.67. The predicted octanol–water partition coefficient (Wildman–Crippen LogP) is 0.419. The molecule has 28 heavy (non-hydrogen) atoms. The molecule has 2 aromatic carbocycles. The van der Waals surface area contributed by atoms with Gasteiger partial charge in [-0.1, -0.05) is 15.9 Å². The van der Waals surface area contributed by atoms with Gasteiger partial charge in [0.1, 0.15) is 29.8 Å². The number of carbonyl (C=O) groups is 2. The molecule has 0 amide bonds. The molecule has 0 aromatic heterocycles. The van der Waals surface area contributed by atoms with E-state index in [4.69, 9.17) is 4.74 Å². The molecule has 0 aliphatic carbocycles. The minimum atomic E-state index is -1.15. The molecule has 1 saturated heterocycles. The standard InChI is InChI=1S/C20H20BrNO6/c21-12-3-5-13(6-4-12)28-11-18(24)14-7-8-17(23)15(19(14)25)10-22-9-1-2-16(22)20(26)27/h3-8,16,23,25H,1-2,9-11H2,(H,26,27)/t16-/m0/s1. The Morgan fingerprint density at radius 1 is 1.18 bits per heavy atom. The first-order valence-electron chi connectivity index (χ1n) is 8.87. The number of hydrogen-bond donors (Lipinski definition) is 3. The molecular formula is C20H20BrNO6. The van der Waals surface area contributed by atoms with Crippen LogP contribution in [0.25, 0.3) is 0 Å². The zero-order valence-electron chi connectivity index (χ0n) is 15.0. The number of phenols is 2. The van der Waals surface area contributed by atoms with Crippen LogP contribution in [0, 0.1) is 0 Å². The van der Waals surface area contributed by atoms with Crippen molar-refractivity contribution in [2.75, 3.05) is 13.2 Å². The molecule has 1 heterocycles. The number of carboxylic acid groups (broad SMARTS) is 1. The SMILES string of the molecule is O=C(COc1ccc(Br)cc1)c1ccc(O)c(C[NH+]2CCC[C@H]2C(=O)[O-])c1O. The monoisotopic (exact) mass is 449 g/mol. The first kappa shape index (κ1) is 20.2. The molecular weight excluding hydrogens is 430 g/mol. The fourth-order valence-corrected chi connectivity index (χ4v) is 3.68.